The molecule has 8 atom stereocenters. The molecule has 1 aromatic carbocycles. The van der Waals surface area contributed by atoms with Gasteiger partial charge in [0, 0.05) is 11.4 Å². The van der Waals surface area contributed by atoms with Crippen molar-refractivity contribution in [2.75, 3.05) is 18.1 Å². The van der Waals surface area contributed by atoms with Gasteiger partial charge in [-0.3, -0.25) is 0 Å². The second-order valence-electron chi connectivity index (χ2n) is 14.7. The van der Waals surface area contributed by atoms with Crippen molar-refractivity contribution < 1.29 is 4.74 Å². The van der Waals surface area contributed by atoms with Gasteiger partial charge in [0.1, 0.15) is 0 Å². The average Bonchev–Trinajstić information content (AvgIpc) is 3.22. The highest BCUT2D eigenvalue weighted by atomic mass is 16.5. The van der Waals surface area contributed by atoms with Gasteiger partial charge < -0.3 is 16.2 Å². The first-order valence-electron chi connectivity index (χ1n) is 16.1. The molecule has 4 aliphatic rings. The average molecular weight is 521 g/mol. The number of allylic oxidation sites excluding steroid dienone is 1. The minimum atomic E-state index is 0.359. The molecule has 3 fully saturated rings. The van der Waals surface area contributed by atoms with Crippen LogP contribution in [0.3, 0.4) is 0 Å². The van der Waals surface area contributed by atoms with Crippen LogP contribution in [0.15, 0.2) is 29.8 Å². The fraction of sp³-hybridized carbons (Fsp3) is 0.771. The van der Waals surface area contributed by atoms with Crippen LogP contribution in [-0.2, 0) is 11.2 Å². The summed E-state index contributed by atoms with van der Waals surface area (Å²) >= 11 is 0. The number of hydrogen-bond donors (Lipinski definition) is 2. The summed E-state index contributed by atoms with van der Waals surface area (Å²) in [7, 11) is 0. The van der Waals surface area contributed by atoms with Crippen LogP contribution < -0.4 is 11.5 Å². The minimum Gasteiger partial charge on any atom is -0.399 e. The summed E-state index contributed by atoms with van der Waals surface area (Å²) < 4.78 is 6.45. The molecule has 0 heterocycles. The first kappa shape index (κ1) is 28.1. The molecular weight excluding hydrogens is 464 g/mol. The Bertz CT molecular complexity index is 1000. The second-order valence-corrected chi connectivity index (χ2v) is 14.7. The lowest BCUT2D eigenvalue weighted by atomic mass is 9.47. The highest BCUT2D eigenvalue weighted by Gasteiger charge is 2.59. The maximum absolute atomic E-state index is 6.45. The Kier molecular flexibility index (Phi) is 8.26. The van der Waals surface area contributed by atoms with E-state index in [0.717, 1.165) is 71.9 Å². The lowest BCUT2D eigenvalue weighted by molar-refractivity contribution is -0.0637. The number of rotatable bonds is 9. The Morgan fingerprint density at radius 2 is 1.79 bits per heavy atom. The standard InChI is InChI=1S/C35H56N2O/c1-23(2)7-6-8-24(3)30-13-14-31-29-12-10-26-21-28(38-20-17-25-9-11-27(36)22-33(25)37)15-18-34(26,4)32(29)16-19-35(30,31)5/h9-11,22-24,28-32H,6-8,12-21,36-37H2,1-5H3. The molecule has 0 saturated heterocycles. The van der Waals surface area contributed by atoms with Crippen molar-refractivity contribution in [1.82, 2.24) is 0 Å². The third-order valence-corrected chi connectivity index (χ3v) is 12.2. The Morgan fingerprint density at radius 3 is 2.55 bits per heavy atom. The Balaban J connectivity index is 1.20. The second kappa shape index (κ2) is 11.2. The maximum Gasteiger partial charge on any atom is 0.0612 e. The highest BCUT2D eigenvalue weighted by Crippen LogP contribution is 2.67. The van der Waals surface area contributed by atoms with E-state index in [9.17, 15) is 0 Å². The molecule has 3 heteroatoms. The molecule has 0 spiro atoms. The molecule has 212 valence electrons. The van der Waals surface area contributed by atoms with Gasteiger partial charge in [-0.15, -0.1) is 0 Å². The zero-order valence-electron chi connectivity index (χ0n) is 25.1. The first-order valence-corrected chi connectivity index (χ1v) is 16.1. The van der Waals surface area contributed by atoms with E-state index in [1.165, 1.54) is 64.2 Å². The number of benzene rings is 1. The van der Waals surface area contributed by atoms with Crippen molar-refractivity contribution in [3.63, 3.8) is 0 Å². The van der Waals surface area contributed by atoms with E-state index in [1.54, 1.807) is 5.57 Å². The smallest absolute Gasteiger partial charge is 0.0612 e. The predicted octanol–water partition coefficient (Wildman–Crippen LogP) is 8.82. The third-order valence-electron chi connectivity index (χ3n) is 12.2. The molecule has 3 saturated carbocycles. The number of hydrogen-bond acceptors (Lipinski definition) is 3. The molecule has 38 heavy (non-hydrogen) atoms. The topological polar surface area (TPSA) is 61.3 Å². The summed E-state index contributed by atoms with van der Waals surface area (Å²) in [6.07, 6.45) is 19.0. The summed E-state index contributed by atoms with van der Waals surface area (Å²) in [5, 5.41) is 0. The van der Waals surface area contributed by atoms with Gasteiger partial charge in [-0.2, -0.15) is 0 Å². The van der Waals surface area contributed by atoms with E-state index >= 15 is 0 Å². The van der Waals surface area contributed by atoms with Crippen molar-refractivity contribution in [2.45, 2.75) is 118 Å². The fourth-order valence-electron chi connectivity index (χ4n) is 9.97. The monoisotopic (exact) mass is 520 g/mol. The van der Waals surface area contributed by atoms with Crippen molar-refractivity contribution in [2.24, 2.45) is 46.3 Å². The number of ether oxygens (including phenoxy) is 1. The SMILES string of the molecule is CC(C)CCCC(C)C1CCC2C3CC=C4CC(OCCc5ccc(N)cc5N)CCC4(C)C3CCC12C. The molecule has 5 rings (SSSR count). The van der Waals surface area contributed by atoms with E-state index in [4.69, 9.17) is 16.2 Å². The van der Waals surface area contributed by atoms with E-state index < -0.39 is 0 Å². The maximum atomic E-state index is 6.45. The molecule has 8 unspecified atom stereocenters. The van der Waals surface area contributed by atoms with E-state index in [2.05, 4.69) is 40.7 Å². The molecule has 0 aliphatic heterocycles. The fourth-order valence-corrected chi connectivity index (χ4v) is 9.97. The predicted molar refractivity (Wildman–Crippen MR) is 162 cm³/mol. The minimum absolute atomic E-state index is 0.359. The number of fused-ring (bicyclic) bond motifs is 5. The van der Waals surface area contributed by atoms with Crippen LogP contribution in [-0.4, -0.2) is 12.7 Å². The summed E-state index contributed by atoms with van der Waals surface area (Å²) in [5.41, 5.74) is 17.4. The van der Waals surface area contributed by atoms with Crippen molar-refractivity contribution in [3.05, 3.63) is 35.4 Å². The van der Waals surface area contributed by atoms with Gasteiger partial charge in [0.15, 0.2) is 0 Å². The van der Waals surface area contributed by atoms with Gasteiger partial charge in [0.2, 0.25) is 0 Å². The molecule has 0 bridgehead atoms. The molecule has 4 aliphatic carbocycles. The molecule has 0 amide bonds. The van der Waals surface area contributed by atoms with E-state index in [1.807, 2.05) is 18.2 Å². The van der Waals surface area contributed by atoms with Crippen LogP contribution in [0.2, 0.25) is 0 Å². The molecule has 0 aromatic heterocycles. The molecule has 3 nitrogen and oxygen atoms in total. The molecule has 0 radical (unpaired) electrons. The quantitative estimate of drug-likeness (QED) is 0.252. The summed E-state index contributed by atoms with van der Waals surface area (Å²) in [5.74, 6) is 5.40. The Hall–Kier alpha value is -1.48. The van der Waals surface area contributed by atoms with E-state index in [0.29, 0.717) is 16.9 Å². The van der Waals surface area contributed by atoms with Crippen LogP contribution >= 0.6 is 0 Å². The highest BCUT2D eigenvalue weighted by molar-refractivity contribution is 5.56. The summed E-state index contributed by atoms with van der Waals surface area (Å²) in [4.78, 5) is 0. The Morgan fingerprint density at radius 1 is 0.974 bits per heavy atom. The summed E-state index contributed by atoms with van der Waals surface area (Å²) in [6, 6.07) is 5.85. The van der Waals surface area contributed by atoms with Crippen molar-refractivity contribution in [3.8, 4) is 0 Å². The van der Waals surface area contributed by atoms with Crippen LogP contribution in [0.25, 0.3) is 0 Å². The van der Waals surface area contributed by atoms with Crippen LogP contribution in [0.4, 0.5) is 11.4 Å². The van der Waals surface area contributed by atoms with Gasteiger partial charge in [0.25, 0.3) is 0 Å². The van der Waals surface area contributed by atoms with Crippen LogP contribution in [0.5, 0.6) is 0 Å². The largest absolute Gasteiger partial charge is 0.399 e. The molecular formula is C35H56N2O. The van der Waals surface area contributed by atoms with Gasteiger partial charge in [0.05, 0.1) is 12.7 Å². The van der Waals surface area contributed by atoms with Gasteiger partial charge >= 0.3 is 0 Å². The number of nitrogen functional groups attached to an aromatic ring is 2. The Labute approximate surface area is 233 Å². The molecule has 4 N–H and O–H groups in total. The van der Waals surface area contributed by atoms with Crippen LogP contribution in [0.1, 0.15) is 111 Å². The normalized spacial score (nSPS) is 37.3. The van der Waals surface area contributed by atoms with Gasteiger partial charge in [-0.25, -0.2) is 0 Å². The zero-order chi connectivity index (χ0) is 27.1. The lowest BCUT2D eigenvalue weighted by Gasteiger charge is -2.58. The third kappa shape index (κ3) is 5.30. The van der Waals surface area contributed by atoms with E-state index in [-0.39, 0.29) is 0 Å². The lowest BCUT2D eigenvalue weighted by Crippen LogP contribution is -2.51. The first-order chi connectivity index (χ1) is 18.1. The zero-order valence-corrected chi connectivity index (χ0v) is 25.1. The molecule has 1 aromatic rings. The van der Waals surface area contributed by atoms with Gasteiger partial charge in [-0.1, -0.05) is 71.6 Å². The number of nitrogens with two attached hydrogens (primary N) is 2. The van der Waals surface area contributed by atoms with Crippen molar-refractivity contribution >= 4 is 11.4 Å². The number of anilines is 2. The van der Waals surface area contributed by atoms with Crippen molar-refractivity contribution in [1.29, 1.82) is 0 Å². The van der Waals surface area contributed by atoms with Crippen LogP contribution in [0, 0.1) is 46.3 Å². The summed E-state index contributed by atoms with van der Waals surface area (Å²) in [6.45, 7) is 13.4. The van der Waals surface area contributed by atoms with Gasteiger partial charge in [-0.05, 0) is 122 Å².